The van der Waals surface area contributed by atoms with Crippen molar-refractivity contribution < 1.29 is 9.47 Å². The maximum absolute atomic E-state index is 5.70. The molecule has 1 aliphatic heterocycles. The Morgan fingerprint density at radius 2 is 2.15 bits per heavy atom. The van der Waals surface area contributed by atoms with Gasteiger partial charge in [-0.3, -0.25) is 0 Å². The zero-order valence-corrected chi connectivity index (χ0v) is 12.8. The Morgan fingerprint density at radius 1 is 1.40 bits per heavy atom. The van der Waals surface area contributed by atoms with E-state index in [1.54, 1.807) is 7.11 Å². The first-order chi connectivity index (χ1) is 9.72. The van der Waals surface area contributed by atoms with Crippen LogP contribution in [-0.4, -0.2) is 51.9 Å². The van der Waals surface area contributed by atoms with Crippen molar-refractivity contribution in [3.05, 3.63) is 29.8 Å². The van der Waals surface area contributed by atoms with Gasteiger partial charge in [-0.2, -0.15) is 0 Å². The van der Waals surface area contributed by atoms with Crippen LogP contribution in [0, 0.1) is 0 Å². The minimum absolute atomic E-state index is 0.326. The van der Waals surface area contributed by atoms with Crippen LogP contribution in [0.25, 0.3) is 0 Å². The molecule has 0 spiro atoms. The second-order valence-corrected chi connectivity index (χ2v) is 5.47. The number of nitrogens with zero attached hydrogens (tertiary/aromatic N) is 1. The predicted octanol–water partition coefficient (Wildman–Crippen LogP) is 2.07. The van der Waals surface area contributed by atoms with Crippen molar-refractivity contribution in [2.45, 2.75) is 25.0 Å². The van der Waals surface area contributed by atoms with Gasteiger partial charge in [0.25, 0.3) is 0 Å². The van der Waals surface area contributed by atoms with E-state index in [1.165, 1.54) is 18.4 Å². The van der Waals surface area contributed by atoms with Gasteiger partial charge in [0.1, 0.15) is 5.75 Å². The van der Waals surface area contributed by atoms with Gasteiger partial charge in [-0.15, -0.1) is 0 Å². The lowest BCUT2D eigenvalue weighted by Gasteiger charge is -2.26. The molecule has 0 aliphatic carbocycles. The van der Waals surface area contributed by atoms with E-state index in [0.717, 1.165) is 25.4 Å². The molecule has 0 aromatic heterocycles. The van der Waals surface area contributed by atoms with Crippen LogP contribution in [0.5, 0.6) is 5.75 Å². The lowest BCUT2D eigenvalue weighted by Crippen LogP contribution is -2.35. The minimum atomic E-state index is 0.326. The first kappa shape index (κ1) is 15.3. The predicted molar refractivity (Wildman–Crippen MR) is 81.3 cm³/mol. The van der Waals surface area contributed by atoms with Crippen LogP contribution in [0.15, 0.2) is 24.3 Å². The number of likely N-dealkylation sites (N-methyl/N-ethyl adjacent to an activating group) is 2. The Kier molecular flexibility index (Phi) is 5.83. The third kappa shape index (κ3) is 4.20. The first-order valence-electron chi connectivity index (χ1n) is 7.34. The molecular weight excluding hydrogens is 252 g/mol. The Bertz CT molecular complexity index is 388. The molecule has 1 N–H and O–H groups in total. The molecule has 1 aromatic rings. The topological polar surface area (TPSA) is 33.7 Å². The third-order valence-corrected chi connectivity index (χ3v) is 3.90. The highest BCUT2D eigenvalue weighted by Gasteiger charge is 2.19. The van der Waals surface area contributed by atoms with Crippen molar-refractivity contribution in [3.63, 3.8) is 0 Å². The van der Waals surface area contributed by atoms with Crippen LogP contribution in [0.3, 0.4) is 0 Å². The maximum atomic E-state index is 5.70. The molecule has 2 unspecified atom stereocenters. The second kappa shape index (κ2) is 7.62. The minimum Gasteiger partial charge on any atom is -0.497 e. The summed E-state index contributed by atoms with van der Waals surface area (Å²) in [6.45, 7) is 2.91. The van der Waals surface area contributed by atoms with E-state index in [9.17, 15) is 0 Å². The fourth-order valence-corrected chi connectivity index (χ4v) is 2.72. The van der Waals surface area contributed by atoms with E-state index >= 15 is 0 Å². The molecule has 4 nitrogen and oxygen atoms in total. The maximum Gasteiger partial charge on any atom is 0.118 e. The molecule has 20 heavy (non-hydrogen) atoms. The van der Waals surface area contributed by atoms with Crippen LogP contribution in [0.1, 0.15) is 24.4 Å². The lowest BCUT2D eigenvalue weighted by atomic mass is 10.1. The van der Waals surface area contributed by atoms with Crippen molar-refractivity contribution in [2.24, 2.45) is 0 Å². The van der Waals surface area contributed by atoms with E-state index < -0.39 is 0 Å². The number of nitrogens with one attached hydrogen (secondary N) is 1. The molecule has 112 valence electrons. The lowest BCUT2D eigenvalue weighted by molar-refractivity contribution is 0.0787. The number of hydrogen-bond acceptors (Lipinski definition) is 4. The average molecular weight is 278 g/mol. The average Bonchev–Trinajstić information content (AvgIpc) is 2.97. The smallest absolute Gasteiger partial charge is 0.118 e. The molecule has 4 heteroatoms. The van der Waals surface area contributed by atoms with Crippen molar-refractivity contribution in [1.29, 1.82) is 0 Å². The number of benzene rings is 1. The standard InChI is InChI=1S/C16H26N2O2/c1-17-16(13-6-8-14(19-3)9-7-13)12-18(2)11-15-5-4-10-20-15/h6-9,15-17H,4-5,10-12H2,1-3H3. The summed E-state index contributed by atoms with van der Waals surface area (Å²) in [6.07, 6.45) is 2.80. The zero-order chi connectivity index (χ0) is 14.4. The quantitative estimate of drug-likeness (QED) is 0.828. The third-order valence-electron chi connectivity index (χ3n) is 3.90. The fourth-order valence-electron chi connectivity index (χ4n) is 2.72. The number of hydrogen-bond donors (Lipinski definition) is 1. The van der Waals surface area contributed by atoms with Crippen LogP contribution in [0.4, 0.5) is 0 Å². The fraction of sp³-hybridized carbons (Fsp3) is 0.625. The van der Waals surface area contributed by atoms with Crippen LogP contribution in [0.2, 0.25) is 0 Å². The molecule has 0 amide bonds. The van der Waals surface area contributed by atoms with Gasteiger partial charge in [0.2, 0.25) is 0 Å². The van der Waals surface area contributed by atoms with Gasteiger partial charge >= 0.3 is 0 Å². The second-order valence-electron chi connectivity index (χ2n) is 5.47. The summed E-state index contributed by atoms with van der Waals surface area (Å²) in [7, 11) is 5.87. The Labute approximate surface area is 122 Å². The summed E-state index contributed by atoms with van der Waals surface area (Å²) in [4.78, 5) is 2.35. The highest BCUT2D eigenvalue weighted by Crippen LogP contribution is 2.19. The summed E-state index contributed by atoms with van der Waals surface area (Å²) in [5, 5.41) is 3.39. The number of ether oxygens (including phenoxy) is 2. The highest BCUT2D eigenvalue weighted by molar-refractivity contribution is 5.29. The van der Waals surface area contributed by atoms with Crippen molar-refractivity contribution in [2.75, 3.05) is 40.9 Å². The monoisotopic (exact) mass is 278 g/mol. The number of rotatable bonds is 7. The zero-order valence-electron chi connectivity index (χ0n) is 12.8. The Morgan fingerprint density at radius 3 is 2.70 bits per heavy atom. The summed E-state index contributed by atoms with van der Waals surface area (Å²) in [6, 6.07) is 8.60. The van der Waals surface area contributed by atoms with Gasteiger partial charge in [0.05, 0.1) is 13.2 Å². The summed E-state index contributed by atoms with van der Waals surface area (Å²) in [5.74, 6) is 0.899. The molecule has 1 aromatic carbocycles. The van der Waals surface area contributed by atoms with Crippen LogP contribution < -0.4 is 10.1 Å². The van der Waals surface area contributed by atoms with Crippen LogP contribution >= 0.6 is 0 Å². The van der Waals surface area contributed by atoms with Gasteiger partial charge in [-0.1, -0.05) is 12.1 Å². The number of methoxy groups -OCH3 is 1. The Hall–Kier alpha value is -1.10. The first-order valence-corrected chi connectivity index (χ1v) is 7.34. The van der Waals surface area contributed by atoms with Crippen molar-refractivity contribution in [3.8, 4) is 5.75 Å². The summed E-state index contributed by atoms with van der Waals surface area (Å²) in [5.41, 5.74) is 1.28. The molecular formula is C16H26N2O2. The van der Waals surface area contributed by atoms with Crippen LogP contribution in [-0.2, 0) is 4.74 Å². The normalized spacial score (nSPS) is 20.3. The van der Waals surface area contributed by atoms with Gasteiger partial charge in [-0.25, -0.2) is 0 Å². The summed E-state index contributed by atoms with van der Waals surface area (Å²) < 4.78 is 10.9. The van der Waals surface area contributed by atoms with E-state index in [-0.39, 0.29) is 0 Å². The molecule has 1 aliphatic rings. The Balaban J connectivity index is 1.89. The van der Waals surface area contributed by atoms with E-state index in [0.29, 0.717) is 12.1 Å². The SMILES string of the molecule is CNC(CN(C)CC1CCCO1)c1ccc(OC)cc1. The van der Waals surface area contributed by atoms with E-state index in [4.69, 9.17) is 9.47 Å². The van der Waals surface area contributed by atoms with Gasteiger partial charge < -0.3 is 19.7 Å². The van der Waals surface area contributed by atoms with Crippen molar-refractivity contribution >= 4 is 0 Å². The molecule has 2 rings (SSSR count). The van der Waals surface area contributed by atoms with E-state index in [1.807, 2.05) is 19.2 Å². The molecule has 1 fully saturated rings. The van der Waals surface area contributed by atoms with Gasteiger partial charge in [0.15, 0.2) is 0 Å². The molecule has 0 radical (unpaired) electrons. The molecule has 0 bridgehead atoms. The highest BCUT2D eigenvalue weighted by atomic mass is 16.5. The molecule has 1 heterocycles. The largest absolute Gasteiger partial charge is 0.497 e. The molecule has 2 atom stereocenters. The van der Waals surface area contributed by atoms with Crippen molar-refractivity contribution in [1.82, 2.24) is 10.2 Å². The molecule has 1 saturated heterocycles. The van der Waals surface area contributed by atoms with E-state index in [2.05, 4.69) is 29.4 Å². The molecule has 0 saturated carbocycles. The summed E-state index contributed by atoms with van der Waals surface area (Å²) >= 11 is 0. The van der Waals surface area contributed by atoms with Gasteiger partial charge in [0, 0.05) is 25.7 Å². The van der Waals surface area contributed by atoms with Gasteiger partial charge in [-0.05, 0) is 44.6 Å².